The summed E-state index contributed by atoms with van der Waals surface area (Å²) in [5, 5.41) is 13.9. The van der Waals surface area contributed by atoms with E-state index in [4.69, 9.17) is 0 Å². The Hall–Kier alpha value is -1.77. The molecule has 1 fully saturated rings. The van der Waals surface area contributed by atoms with Crippen LogP contribution in [0.4, 0.5) is 0 Å². The number of amides is 1. The highest BCUT2D eigenvalue weighted by molar-refractivity contribution is 6.23. The second-order valence-corrected chi connectivity index (χ2v) is 6.76. The van der Waals surface area contributed by atoms with Crippen molar-refractivity contribution in [3.05, 3.63) is 40.6 Å². The highest BCUT2D eigenvalue weighted by atomic mass is 16.3. The lowest BCUT2D eigenvalue weighted by Crippen LogP contribution is -2.47. The third-order valence-electron chi connectivity index (χ3n) is 5.06. The maximum atomic E-state index is 12.5. The summed E-state index contributed by atoms with van der Waals surface area (Å²) in [5.41, 5.74) is 2.95. The van der Waals surface area contributed by atoms with Gasteiger partial charge >= 0.3 is 0 Å². The van der Waals surface area contributed by atoms with E-state index in [-0.39, 0.29) is 11.7 Å². The van der Waals surface area contributed by atoms with Crippen LogP contribution in [0.5, 0.6) is 0 Å². The van der Waals surface area contributed by atoms with Crippen LogP contribution in [0.3, 0.4) is 0 Å². The Bertz CT molecular complexity index is 622. The van der Waals surface area contributed by atoms with Crippen molar-refractivity contribution in [2.24, 2.45) is 5.92 Å². The van der Waals surface area contributed by atoms with Crippen molar-refractivity contribution >= 4 is 11.5 Å². The summed E-state index contributed by atoms with van der Waals surface area (Å²) >= 11 is 0. The molecule has 0 atom stereocenters. The van der Waals surface area contributed by atoms with Crippen molar-refractivity contribution < 1.29 is 9.90 Å². The van der Waals surface area contributed by atoms with E-state index in [2.05, 4.69) is 12.2 Å². The van der Waals surface area contributed by atoms with Gasteiger partial charge in [-0.05, 0) is 56.6 Å². The first-order valence-corrected chi connectivity index (χ1v) is 7.77. The van der Waals surface area contributed by atoms with Gasteiger partial charge in [0.1, 0.15) is 5.76 Å². The Kier molecular flexibility index (Phi) is 3.31. The number of rotatable bonds is 1. The first-order chi connectivity index (χ1) is 9.93. The number of aryl methyl sites for hydroxylation is 2. The highest BCUT2D eigenvalue weighted by Crippen LogP contribution is 2.43. The quantitative estimate of drug-likeness (QED) is 0.827. The molecule has 2 N–H and O–H groups in total. The number of hydrogen-bond acceptors (Lipinski definition) is 2. The second kappa shape index (κ2) is 4.90. The predicted octanol–water partition coefficient (Wildman–Crippen LogP) is 3.65. The van der Waals surface area contributed by atoms with E-state index in [0.717, 1.165) is 42.4 Å². The van der Waals surface area contributed by atoms with Gasteiger partial charge in [-0.1, -0.05) is 30.7 Å². The highest BCUT2D eigenvalue weighted by Gasteiger charge is 2.47. The summed E-state index contributed by atoms with van der Waals surface area (Å²) < 4.78 is 0. The number of benzene rings is 1. The van der Waals surface area contributed by atoms with E-state index in [9.17, 15) is 9.90 Å². The number of carbonyl (C=O) groups is 1. The fourth-order valence-corrected chi connectivity index (χ4v) is 3.56. The molecular weight excluding hydrogens is 262 g/mol. The molecular formula is C18H23NO2. The van der Waals surface area contributed by atoms with E-state index in [1.54, 1.807) is 0 Å². The Morgan fingerprint density at radius 2 is 1.90 bits per heavy atom. The van der Waals surface area contributed by atoms with E-state index in [1.165, 1.54) is 0 Å². The zero-order valence-electron chi connectivity index (χ0n) is 13.0. The molecule has 0 saturated heterocycles. The molecule has 0 aromatic heterocycles. The average molecular weight is 285 g/mol. The monoisotopic (exact) mass is 285 g/mol. The smallest absolute Gasteiger partial charge is 0.256 e. The van der Waals surface area contributed by atoms with Crippen LogP contribution in [0, 0.1) is 19.8 Å². The average Bonchev–Trinajstić information content (AvgIpc) is 2.68. The molecule has 1 aliphatic heterocycles. The van der Waals surface area contributed by atoms with Gasteiger partial charge in [0.2, 0.25) is 0 Å². The van der Waals surface area contributed by atoms with Gasteiger partial charge < -0.3 is 10.4 Å². The molecule has 0 unspecified atom stereocenters. The molecule has 21 heavy (non-hydrogen) atoms. The van der Waals surface area contributed by atoms with Gasteiger partial charge in [0, 0.05) is 0 Å². The van der Waals surface area contributed by atoms with Gasteiger partial charge in [-0.25, -0.2) is 0 Å². The lowest BCUT2D eigenvalue weighted by atomic mass is 9.76. The lowest BCUT2D eigenvalue weighted by Gasteiger charge is -2.36. The molecule has 1 aromatic rings. The third-order valence-corrected chi connectivity index (χ3v) is 5.06. The van der Waals surface area contributed by atoms with Gasteiger partial charge in [0.05, 0.1) is 11.1 Å². The molecule has 112 valence electrons. The minimum absolute atomic E-state index is 0.129. The summed E-state index contributed by atoms with van der Waals surface area (Å²) in [6.45, 7) is 6.22. The topological polar surface area (TPSA) is 49.3 Å². The number of carbonyl (C=O) groups excluding carboxylic acids is 1. The van der Waals surface area contributed by atoms with Crippen molar-refractivity contribution in [3.8, 4) is 0 Å². The Balaban J connectivity index is 2.06. The van der Waals surface area contributed by atoms with Crippen LogP contribution in [-0.2, 0) is 4.79 Å². The van der Waals surface area contributed by atoms with Crippen molar-refractivity contribution in [3.63, 3.8) is 0 Å². The van der Waals surface area contributed by atoms with Gasteiger partial charge in [-0.15, -0.1) is 0 Å². The van der Waals surface area contributed by atoms with Gasteiger partial charge in [0.15, 0.2) is 0 Å². The van der Waals surface area contributed by atoms with Gasteiger partial charge in [-0.2, -0.15) is 0 Å². The maximum absolute atomic E-state index is 12.5. The zero-order valence-corrected chi connectivity index (χ0v) is 13.0. The van der Waals surface area contributed by atoms with Crippen molar-refractivity contribution in [1.29, 1.82) is 0 Å². The van der Waals surface area contributed by atoms with Crippen LogP contribution in [-0.4, -0.2) is 16.6 Å². The molecule has 1 saturated carbocycles. The van der Waals surface area contributed by atoms with Crippen molar-refractivity contribution in [2.75, 3.05) is 0 Å². The minimum atomic E-state index is -0.519. The first-order valence-electron chi connectivity index (χ1n) is 7.77. The summed E-state index contributed by atoms with van der Waals surface area (Å²) in [4.78, 5) is 12.5. The Morgan fingerprint density at radius 1 is 1.24 bits per heavy atom. The minimum Gasteiger partial charge on any atom is -0.509 e. The molecule has 0 bridgehead atoms. The molecule has 1 aliphatic carbocycles. The van der Waals surface area contributed by atoms with Crippen LogP contribution in [0.1, 0.15) is 49.3 Å². The van der Waals surface area contributed by atoms with Crippen LogP contribution in [0.25, 0.3) is 5.57 Å². The maximum Gasteiger partial charge on any atom is 0.256 e. The summed E-state index contributed by atoms with van der Waals surface area (Å²) in [7, 11) is 0. The second-order valence-electron chi connectivity index (χ2n) is 6.76. The lowest BCUT2D eigenvalue weighted by molar-refractivity contribution is -0.116. The molecule has 1 aromatic carbocycles. The zero-order chi connectivity index (χ0) is 15.2. The molecule has 1 heterocycles. The molecule has 1 amide bonds. The van der Waals surface area contributed by atoms with E-state index in [1.807, 2.05) is 32.0 Å². The van der Waals surface area contributed by atoms with Crippen LogP contribution in [0.2, 0.25) is 0 Å². The van der Waals surface area contributed by atoms with E-state index < -0.39 is 5.54 Å². The summed E-state index contributed by atoms with van der Waals surface area (Å²) in [5.74, 6) is 0.800. The first kappa shape index (κ1) is 14.2. The molecule has 3 nitrogen and oxygen atoms in total. The summed E-state index contributed by atoms with van der Waals surface area (Å²) in [6, 6.07) is 6.03. The van der Waals surface area contributed by atoms with Gasteiger partial charge in [-0.3, -0.25) is 4.79 Å². The molecule has 2 aliphatic rings. The number of aliphatic hydroxyl groups excluding tert-OH is 1. The largest absolute Gasteiger partial charge is 0.509 e. The van der Waals surface area contributed by atoms with Crippen molar-refractivity contribution in [1.82, 2.24) is 5.32 Å². The van der Waals surface area contributed by atoms with E-state index in [0.29, 0.717) is 11.5 Å². The normalized spacial score (nSPS) is 29.1. The van der Waals surface area contributed by atoms with Gasteiger partial charge in [0.25, 0.3) is 5.91 Å². The fraction of sp³-hybridized carbons (Fsp3) is 0.500. The van der Waals surface area contributed by atoms with E-state index >= 15 is 0 Å². The number of hydrogen-bond donors (Lipinski definition) is 2. The summed E-state index contributed by atoms with van der Waals surface area (Å²) in [6.07, 6.45) is 3.76. The number of nitrogens with one attached hydrogen (secondary N) is 1. The van der Waals surface area contributed by atoms with Crippen molar-refractivity contribution in [2.45, 2.75) is 52.0 Å². The third kappa shape index (κ3) is 2.25. The SMILES string of the molecule is Cc1ccc(C)c(C2=C(O)C3(CCC(C)CC3)NC2=O)c1. The molecule has 3 rings (SSSR count). The molecule has 0 radical (unpaired) electrons. The Morgan fingerprint density at radius 3 is 2.57 bits per heavy atom. The van der Waals surface area contributed by atoms with Crippen LogP contribution in [0.15, 0.2) is 24.0 Å². The predicted molar refractivity (Wildman–Crippen MR) is 84.0 cm³/mol. The number of aliphatic hydroxyl groups is 1. The van der Waals surface area contributed by atoms with Crippen LogP contribution >= 0.6 is 0 Å². The standard InChI is InChI=1S/C18H23NO2/c1-11-6-8-18(9-7-11)16(20)15(17(21)19-18)14-10-12(2)4-5-13(14)3/h4-5,10-11,20H,6-9H2,1-3H3,(H,19,21). The Labute approximate surface area is 126 Å². The molecule has 1 spiro atoms. The fourth-order valence-electron chi connectivity index (χ4n) is 3.56. The van der Waals surface area contributed by atoms with Crippen LogP contribution < -0.4 is 5.32 Å². The molecule has 3 heteroatoms.